The minimum atomic E-state index is -0.275. The number of aryl methyl sites for hydroxylation is 2. The minimum Gasteiger partial charge on any atom is -0.507 e. The molecule has 0 unspecified atom stereocenters. The molecule has 25 heavy (non-hydrogen) atoms. The van der Waals surface area contributed by atoms with Crippen LogP contribution in [0.15, 0.2) is 66.0 Å². The van der Waals surface area contributed by atoms with Gasteiger partial charge in [-0.1, -0.05) is 0 Å². The number of aromatic hydroxyl groups is 1. The van der Waals surface area contributed by atoms with Crippen LogP contribution in [0.1, 0.15) is 27.0 Å². The summed E-state index contributed by atoms with van der Waals surface area (Å²) in [5.41, 5.74) is 6.40. The molecule has 1 amide bonds. The van der Waals surface area contributed by atoms with Crippen molar-refractivity contribution in [3.05, 3.63) is 83.2 Å². The Bertz CT molecular complexity index is 888. The summed E-state index contributed by atoms with van der Waals surface area (Å²) in [7, 11) is 0. The largest absolute Gasteiger partial charge is 0.507 e. The number of phenolic OH excluding ortho intramolecular Hbond substituents is 1. The number of hydrogen-bond donors (Lipinski definition) is 2. The van der Waals surface area contributed by atoms with Crippen molar-refractivity contribution in [2.75, 3.05) is 0 Å². The molecular weight excluding hydrogens is 314 g/mol. The molecule has 126 valence electrons. The summed E-state index contributed by atoms with van der Waals surface area (Å²) in [6.07, 6.45) is 5.45. The van der Waals surface area contributed by atoms with Gasteiger partial charge < -0.3 is 9.67 Å². The first-order valence-corrected chi connectivity index (χ1v) is 7.91. The molecule has 5 heteroatoms. The molecule has 0 aliphatic rings. The first kappa shape index (κ1) is 16.5. The summed E-state index contributed by atoms with van der Waals surface area (Å²) in [5, 5.41) is 13.8. The zero-order valence-corrected chi connectivity index (χ0v) is 14.1. The molecule has 3 aromatic rings. The van der Waals surface area contributed by atoms with E-state index in [-0.39, 0.29) is 11.7 Å². The molecular formula is C20H19N3O2. The molecule has 1 heterocycles. The summed E-state index contributed by atoms with van der Waals surface area (Å²) < 4.78 is 1.97. The molecule has 0 aliphatic carbocycles. The fraction of sp³-hybridized carbons (Fsp3) is 0.100. The molecule has 1 aromatic heterocycles. The standard InChI is InChI=1S/C20H19N3O2/c1-14-11-16(12-15(2)19(14)24)13-21-22-20(25)17-5-7-18(8-6-17)23-9-3-4-10-23/h3-13,24H,1-2H3,(H,22,25). The van der Waals surface area contributed by atoms with Gasteiger partial charge in [0, 0.05) is 23.6 Å². The Morgan fingerprint density at radius 1 is 1.08 bits per heavy atom. The third-order valence-electron chi connectivity index (χ3n) is 3.93. The Morgan fingerprint density at radius 3 is 2.28 bits per heavy atom. The van der Waals surface area contributed by atoms with Crippen LogP contribution < -0.4 is 5.43 Å². The van der Waals surface area contributed by atoms with E-state index in [0.717, 1.165) is 22.4 Å². The number of hydrazone groups is 1. The van der Waals surface area contributed by atoms with Crippen molar-refractivity contribution in [2.24, 2.45) is 5.10 Å². The summed E-state index contributed by atoms with van der Waals surface area (Å²) in [6.45, 7) is 3.65. The molecule has 0 aliphatic heterocycles. The molecule has 0 atom stereocenters. The molecule has 5 nitrogen and oxygen atoms in total. The number of nitrogens with one attached hydrogen (secondary N) is 1. The van der Waals surface area contributed by atoms with Gasteiger partial charge >= 0.3 is 0 Å². The second-order valence-electron chi connectivity index (χ2n) is 5.84. The van der Waals surface area contributed by atoms with Crippen molar-refractivity contribution in [1.29, 1.82) is 0 Å². The van der Waals surface area contributed by atoms with Crippen LogP contribution in [-0.2, 0) is 0 Å². The van der Waals surface area contributed by atoms with Gasteiger partial charge in [-0.2, -0.15) is 5.10 Å². The number of carbonyl (C=O) groups excluding carboxylic acids is 1. The van der Waals surface area contributed by atoms with Crippen molar-refractivity contribution in [3.8, 4) is 11.4 Å². The highest BCUT2D eigenvalue weighted by molar-refractivity contribution is 5.95. The smallest absolute Gasteiger partial charge is 0.271 e. The van der Waals surface area contributed by atoms with Crippen LogP contribution >= 0.6 is 0 Å². The number of rotatable bonds is 4. The fourth-order valence-corrected chi connectivity index (χ4v) is 2.59. The van der Waals surface area contributed by atoms with E-state index < -0.39 is 0 Å². The maximum Gasteiger partial charge on any atom is 0.271 e. The Kier molecular flexibility index (Phi) is 4.66. The van der Waals surface area contributed by atoms with Gasteiger partial charge in [0.05, 0.1) is 6.21 Å². The average molecular weight is 333 g/mol. The van der Waals surface area contributed by atoms with Crippen molar-refractivity contribution >= 4 is 12.1 Å². The van der Waals surface area contributed by atoms with Gasteiger partial charge in [-0.3, -0.25) is 4.79 Å². The third kappa shape index (κ3) is 3.77. The van der Waals surface area contributed by atoms with Crippen LogP contribution in [0.25, 0.3) is 5.69 Å². The van der Waals surface area contributed by atoms with Gasteiger partial charge in [-0.15, -0.1) is 0 Å². The quantitative estimate of drug-likeness (QED) is 0.566. The molecule has 0 spiro atoms. The highest BCUT2D eigenvalue weighted by Gasteiger charge is 2.05. The molecule has 3 rings (SSSR count). The van der Waals surface area contributed by atoms with Crippen LogP contribution in [0, 0.1) is 13.8 Å². The van der Waals surface area contributed by atoms with E-state index in [0.29, 0.717) is 5.56 Å². The zero-order chi connectivity index (χ0) is 17.8. The van der Waals surface area contributed by atoms with Crippen molar-refractivity contribution in [2.45, 2.75) is 13.8 Å². The van der Waals surface area contributed by atoms with Gasteiger partial charge in [-0.25, -0.2) is 5.43 Å². The molecule has 2 N–H and O–H groups in total. The average Bonchev–Trinajstić information content (AvgIpc) is 3.14. The summed E-state index contributed by atoms with van der Waals surface area (Å²) in [6, 6.07) is 14.8. The van der Waals surface area contributed by atoms with Crippen molar-refractivity contribution < 1.29 is 9.90 Å². The van der Waals surface area contributed by atoms with Crippen LogP contribution in [0.3, 0.4) is 0 Å². The van der Waals surface area contributed by atoms with Gasteiger partial charge in [0.2, 0.25) is 0 Å². The maximum atomic E-state index is 12.1. The second-order valence-corrected chi connectivity index (χ2v) is 5.84. The number of nitrogens with zero attached hydrogens (tertiary/aromatic N) is 2. The Morgan fingerprint density at radius 2 is 1.68 bits per heavy atom. The normalized spacial score (nSPS) is 11.0. The number of benzene rings is 2. The number of phenols is 1. The zero-order valence-electron chi connectivity index (χ0n) is 14.1. The van der Waals surface area contributed by atoms with E-state index in [9.17, 15) is 9.90 Å². The third-order valence-corrected chi connectivity index (χ3v) is 3.93. The Labute approximate surface area is 146 Å². The molecule has 2 aromatic carbocycles. The highest BCUT2D eigenvalue weighted by atomic mass is 16.3. The molecule has 0 bridgehead atoms. The lowest BCUT2D eigenvalue weighted by molar-refractivity contribution is 0.0955. The van der Waals surface area contributed by atoms with E-state index in [4.69, 9.17) is 0 Å². The van der Waals surface area contributed by atoms with Crippen LogP contribution in [-0.4, -0.2) is 21.8 Å². The lowest BCUT2D eigenvalue weighted by Crippen LogP contribution is -2.17. The number of hydrogen-bond acceptors (Lipinski definition) is 3. The predicted molar refractivity (Wildman–Crippen MR) is 98.4 cm³/mol. The minimum absolute atomic E-state index is 0.275. The summed E-state index contributed by atoms with van der Waals surface area (Å²) >= 11 is 0. The van der Waals surface area contributed by atoms with Gasteiger partial charge in [0.1, 0.15) is 5.75 Å². The predicted octanol–water partition coefficient (Wildman–Crippen LogP) is 3.56. The lowest BCUT2D eigenvalue weighted by Gasteiger charge is -2.05. The van der Waals surface area contributed by atoms with E-state index in [1.54, 1.807) is 18.3 Å². The van der Waals surface area contributed by atoms with Crippen LogP contribution in [0.5, 0.6) is 5.75 Å². The van der Waals surface area contributed by atoms with Crippen LogP contribution in [0.4, 0.5) is 0 Å². The van der Waals surface area contributed by atoms with Crippen molar-refractivity contribution in [3.63, 3.8) is 0 Å². The summed E-state index contributed by atoms with van der Waals surface area (Å²) in [4.78, 5) is 12.1. The lowest BCUT2D eigenvalue weighted by atomic mass is 10.1. The SMILES string of the molecule is Cc1cc(C=NNC(=O)c2ccc(-n3cccc3)cc2)cc(C)c1O. The van der Waals surface area contributed by atoms with E-state index >= 15 is 0 Å². The van der Waals surface area contributed by atoms with Crippen molar-refractivity contribution in [1.82, 2.24) is 9.99 Å². The maximum absolute atomic E-state index is 12.1. The first-order chi connectivity index (χ1) is 12.0. The van der Waals surface area contributed by atoms with Gasteiger partial charge in [0.15, 0.2) is 0 Å². The monoisotopic (exact) mass is 333 g/mol. The molecule has 0 radical (unpaired) electrons. The molecule has 0 saturated heterocycles. The topological polar surface area (TPSA) is 66.6 Å². The fourth-order valence-electron chi connectivity index (χ4n) is 2.59. The second kappa shape index (κ2) is 7.05. The first-order valence-electron chi connectivity index (χ1n) is 7.91. The van der Waals surface area contributed by atoms with E-state index in [1.807, 2.05) is 67.2 Å². The molecule has 0 saturated carbocycles. The number of carbonyl (C=O) groups is 1. The van der Waals surface area contributed by atoms with E-state index in [1.165, 1.54) is 0 Å². The Hall–Kier alpha value is -3.34. The number of aromatic nitrogens is 1. The number of amides is 1. The van der Waals surface area contributed by atoms with Gasteiger partial charge in [0.25, 0.3) is 5.91 Å². The highest BCUT2D eigenvalue weighted by Crippen LogP contribution is 2.22. The Balaban J connectivity index is 1.66. The van der Waals surface area contributed by atoms with Crippen LogP contribution in [0.2, 0.25) is 0 Å². The summed E-state index contributed by atoms with van der Waals surface area (Å²) in [5.74, 6) is 0.00601. The molecule has 0 fully saturated rings. The van der Waals surface area contributed by atoms with Gasteiger partial charge in [-0.05, 0) is 79.1 Å². The van der Waals surface area contributed by atoms with E-state index in [2.05, 4.69) is 10.5 Å².